The monoisotopic (exact) mass is 467 g/mol. The van der Waals surface area contributed by atoms with Crippen molar-refractivity contribution in [2.24, 2.45) is 0 Å². The van der Waals surface area contributed by atoms with Crippen LogP contribution in [0.5, 0.6) is 11.5 Å². The van der Waals surface area contributed by atoms with E-state index >= 15 is 0 Å². The average molecular weight is 468 g/mol. The third-order valence-electron chi connectivity index (χ3n) is 5.08. The molecule has 0 heterocycles. The maximum absolute atomic E-state index is 12.9. The van der Waals surface area contributed by atoms with E-state index in [-0.39, 0.29) is 18.4 Å². The number of carbonyl (C=O) groups excluding carboxylic acids is 2. The van der Waals surface area contributed by atoms with Gasteiger partial charge in [0.1, 0.15) is 11.5 Å². The molecular weight excluding hydrogens is 442 g/mol. The lowest BCUT2D eigenvalue weighted by atomic mass is 10.1. The highest BCUT2D eigenvalue weighted by Gasteiger charge is 2.14. The number of nitrogens with one attached hydrogen (secondary N) is 3. The van der Waals surface area contributed by atoms with Gasteiger partial charge < -0.3 is 25.4 Å². The maximum atomic E-state index is 12.9. The van der Waals surface area contributed by atoms with Crippen LogP contribution in [0.2, 0.25) is 0 Å². The third-order valence-corrected chi connectivity index (χ3v) is 5.08. The summed E-state index contributed by atoms with van der Waals surface area (Å²) in [6, 6.07) is 31.0. The Labute approximate surface area is 203 Å². The van der Waals surface area contributed by atoms with Crippen molar-refractivity contribution < 1.29 is 19.1 Å². The van der Waals surface area contributed by atoms with Gasteiger partial charge in [-0.3, -0.25) is 9.59 Å². The molecule has 0 spiro atoms. The predicted octanol–water partition coefficient (Wildman–Crippen LogP) is 5.71. The van der Waals surface area contributed by atoms with Gasteiger partial charge in [0.2, 0.25) is 0 Å². The minimum atomic E-state index is -0.377. The summed E-state index contributed by atoms with van der Waals surface area (Å²) in [6.07, 6.45) is 0. The van der Waals surface area contributed by atoms with Gasteiger partial charge in [0.15, 0.2) is 6.61 Å². The van der Waals surface area contributed by atoms with Crippen LogP contribution in [0.25, 0.3) is 0 Å². The van der Waals surface area contributed by atoms with Gasteiger partial charge in [-0.15, -0.1) is 0 Å². The van der Waals surface area contributed by atoms with E-state index in [4.69, 9.17) is 9.47 Å². The number of methoxy groups -OCH3 is 1. The normalized spacial score (nSPS) is 10.2. The van der Waals surface area contributed by atoms with Gasteiger partial charge in [0.05, 0.1) is 18.4 Å². The van der Waals surface area contributed by atoms with Gasteiger partial charge in [-0.25, -0.2) is 0 Å². The minimum Gasteiger partial charge on any atom is -0.497 e. The molecule has 4 aromatic rings. The molecule has 4 rings (SSSR count). The zero-order valence-corrected chi connectivity index (χ0v) is 19.2. The Morgan fingerprint density at radius 2 is 1.26 bits per heavy atom. The highest BCUT2D eigenvalue weighted by Crippen LogP contribution is 2.21. The summed E-state index contributed by atoms with van der Waals surface area (Å²) in [4.78, 5) is 25.3. The SMILES string of the molecule is COc1ccc(OCC(=O)Nc2ccccc2C(=O)Nc2ccc(Nc3ccccc3)cc2)cc1. The molecule has 0 saturated carbocycles. The van der Waals surface area contributed by atoms with Crippen LogP contribution in [0.3, 0.4) is 0 Å². The van der Waals surface area contributed by atoms with Gasteiger partial charge >= 0.3 is 0 Å². The first-order valence-corrected chi connectivity index (χ1v) is 11.0. The van der Waals surface area contributed by atoms with E-state index in [0.717, 1.165) is 11.4 Å². The molecule has 7 heteroatoms. The molecule has 7 nitrogen and oxygen atoms in total. The first-order valence-electron chi connectivity index (χ1n) is 11.0. The van der Waals surface area contributed by atoms with Gasteiger partial charge in [-0.05, 0) is 72.8 Å². The van der Waals surface area contributed by atoms with Crippen LogP contribution >= 0.6 is 0 Å². The summed E-state index contributed by atoms with van der Waals surface area (Å²) in [5, 5.41) is 8.92. The summed E-state index contributed by atoms with van der Waals surface area (Å²) < 4.78 is 10.6. The molecule has 0 aliphatic heterocycles. The molecule has 35 heavy (non-hydrogen) atoms. The smallest absolute Gasteiger partial charge is 0.262 e. The van der Waals surface area contributed by atoms with Crippen LogP contribution in [-0.2, 0) is 4.79 Å². The first-order chi connectivity index (χ1) is 17.1. The Morgan fingerprint density at radius 1 is 0.657 bits per heavy atom. The average Bonchev–Trinajstić information content (AvgIpc) is 2.90. The van der Waals surface area contributed by atoms with Gasteiger partial charge in [-0.2, -0.15) is 0 Å². The van der Waals surface area contributed by atoms with Crippen molar-refractivity contribution in [2.45, 2.75) is 0 Å². The van der Waals surface area contributed by atoms with E-state index in [9.17, 15) is 9.59 Å². The van der Waals surface area contributed by atoms with Crippen molar-refractivity contribution in [1.29, 1.82) is 0 Å². The minimum absolute atomic E-state index is 0.196. The van der Waals surface area contributed by atoms with Crippen LogP contribution in [0.1, 0.15) is 10.4 Å². The molecule has 0 aromatic heterocycles. The van der Waals surface area contributed by atoms with Crippen LogP contribution in [0, 0.1) is 0 Å². The van der Waals surface area contributed by atoms with E-state index in [1.54, 1.807) is 55.6 Å². The fourth-order valence-electron chi connectivity index (χ4n) is 3.32. The fraction of sp³-hybridized carbons (Fsp3) is 0.0714. The Kier molecular flexibility index (Phi) is 7.60. The Morgan fingerprint density at radius 3 is 1.97 bits per heavy atom. The van der Waals surface area contributed by atoms with Crippen molar-refractivity contribution in [3.63, 3.8) is 0 Å². The summed E-state index contributed by atoms with van der Waals surface area (Å²) in [6.45, 7) is -0.196. The Hall–Kier alpha value is -4.78. The molecule has 0 unspecified atom stereocenters. The van der Waals surface area contributed by atoms with Crippen molar-refractivity contribution in [3.05, 3.63) is 109 Å². The molecule has 0 atom stereocenters. The number of anilines is 4. The summed E-state index contributed by atoms with van der Waals surface area (Å²) in [7, 11) is 1.58. The number of hydrogen-bond acceptors (Lipinski definition) is 5. The second-order valence-corrected chi connectivity index (χ2v) is 7.58. The Balaban J connectivity index is 1.35. The van der Waals surface area contributed by atoms with Crippen molar-refractivity contribution >= 4 is 34.6 Å². The van der Waals surface area contributed by atoms with Gasteiger partial charge in [0, 0.05) is 17.1 Å². The second kappa shape index (κ2) is 11.4. The molecule has 0 bridgehead atoms. The standard InChI is InChI=1S/C28H25N3O4/c1-34-23-15-17-24(18-16-23)35-19-27(32)31-26-10-6-5-9-25(26)28(33)30-22-13-11-21(12-14-22)29-20-7-3-2-4-8-20/h2-18,29H,19H2,1H3,(H,30,33)(H,31,32). The quantitative estimate of drug-likeness (QED) is 0.293. The van der Waals surface area contributed by atoms with Gasteiger partial charge in [0.25, 0.3) is 11.8 Å². The van der Waals surface area contributed by atoms with Crippen LogP contribution in [0.4, 0.5) is 22.7 Å². The maximum Gasteiger partial charge on any atom is 0.262 e. The van der Waals surface area contributed by atoms with Crippen molar-refractivity contribution in [3.8, 4) is 11.5 Å². The number of carbonyl (C=O) groups is 2. The number of para-hydroxylation sites is 2. The third kappa shape index (κ3) is 6.61. The molecule has 0 radical (unpaired) electrons. The molecule has 2 amide bonds. The number of rotatable bonds is 9. The number of ether oxygens (including phenoxy) is 2. The van der Waals surface area contributed by atoms with E-state index in [1.165, 1.54) is 0 Å². The van der Waals surface area contributed by atoms with Crippen LogP contribution in [-0.4, -0.2) is 25.5 Å². The lowest BCUT2D eigenvalue weighted by Crippen LogP contribution is -2.22. The molecule has 176 valence electrons. The van der Waals surface area contributed by atoms with Crippen molar-refractivity contribution in [2.75, 3.05) is 29.7 Å². The lowest BCUT2D eigenvalue weighted by Gasteiger charge is -2.13. The van der Waals surface area contributed by atoms with E-state index < -0.39 is 0 Å². The topological polar surface area (TPSA) is 88.7 Å². The second-order valence-electron chi connectivity index (χ2n) is 7.58. The number of amides is 2. The zero-order valence-electron chi connectivity index (χ0n) is 19.2. The van der Waals surface area contributed by atoms with Crippen LogP contribution < -0.4 is 25.4 Å². The number of hydrogen-bond donors (Lipinski definition) is 3. The molecule has 4 aromatic carbocycles. The summed E-state index contributed by atoms with van der Waals surface area (Å²) >= 11 is 0. The molecule has 0 saturated heterocycles. The molecule has 0 aliphatic rings. The molecule has 0 fully saturated rings. The number of benzene rings is 4. The first kappa shape index (κ1) is 23.4. The predicted molar refractivity (Wildman–Crippen MR) is 138 cm³/mol. The fourth-order valence-corrected chi connectivity index (χ4v) is 3.32. The lowest BCUT2D eigenvalue weighted by molar-refractivity contribution is -0.118. The van der Waals surface area contributed by atoms with Crippen LogP contribution in [0.15, 0.2) is 103 Å². The summed E-state index contributed by atoms with van der Waals surface area (Å²) in [5.41, 5.74) is 3.26. The molecular formula is C28H25N3O4. The molecule has 0 aliphatic carbocycles. The van der Waals surface area contributed by atoms with Gasteiger partial charge in [-0.1, -0.05) is 30.3 Å². The highest BCUT2D eigenvalue weighted by molar-refractivity contribution is 6.10. The Bertz CT molecular complexity index is 1270. The largest absolute Gasteiger partial charge is 0.497 e. The van der Waals surface area contributed by atoms with E-state index in [2.05, 4.69) is 16.0 Å². The van der Waals surface area contributed by atoms with Crippen molar-refractivity contribution in [1.82, 2.24) is 0 Å². The highest BCUT2D eigenvalue weighted by atomic mass is 16.5. The molecule has 3 N–H and O–H groups in total. The zero-order chi connectivity index (χ0) is 24.5. The van der Waals surface area contributed by atoms with E-state index in [0.29, 0.717) is 28.4 Å². The van der Waals surface area contributed by atoms with E-state index in [1.807, 2.05) is 54.6 Å². The summed E-state index contributed by atoms with van der Waals surface area (Å²) in [5.74, 6) is 0.527.